The Morgan fingerprint density at radius 1 is 1.42 bits per heavy atom. The van der Waals surface area contributed by atoms with Crippen LogP contribution in [-0.4, -0.2) is 33.8 Å². The van der Waals surface area contributed by atoms with Crippen molar-refractivity contribution in [2.45, 2.75) is 11.3 Å². The lowest BCUT2D eigenvalue weighted by molar-refractivity contribution is -0.117. The summed E-state index contributed by atoms with van der Waals surface area (Å²) in [5.74, 6) is 0.368. The Labute approximate surface area is 117 Å². The Kier molecular flexibility index (Phi) is 4.13. The Hall–Kier alpha value is -1.11. The Morgan fingerprint density at radius 3 is 2.68 bits per heavy atom. The molecule has 1 aliphatic heterocycles. The second-order valence-electron chi connectivity index (χ2n) is 4.40. The molecule has 1 atom stereocenters. The molecule has 0 bridgehead atoms. The maximum atomic E-state index is 12.0. The molecule has 1 saturated heterocycles. The van der Waals surface area contributed by atoms with E-state index in [9.17, 15) is 13.2 Å². The van der Waals surface area contributed by atoms with Gasteiger partial charge >= 0.3 is 0 Å². The van der Waals surface area contributed by atoms with Crippen LogP contribution in [0.5, 0.6) is 0 Å². The molecule has 5 nitrogen and oxygen atoms in total. The molecule has 1 unspecified atom stereocenters. The van der Waals surface area contributed by atoms with Gasteiger partial charge in [-0.1, -0.05) is 12.1 Å². The number of anilines is 1. The second kappa shape index (κ2) is 5.48. The summed E-state index contributed by atoms with van der Waals surface area (Å²) in [4.78, 5) is 13.6. The number of benzene rings is 1. The van der Waals surface area contributed by atoms with E-state index in [1.54, 1.807) is 18.2 Å². The molecule has 7 heteroatoms. The van der Waals surface area contributed by atoms with E-state index in [1.165, 1.54) is 18.0 Å². The van der Waals surface area contributed by atoms with Gasteiger partial charge in [-0.15, -0.1) is 11.6 Å². The van der Waals surface area contributed by atoms with E-state index in [0.717, 1.165) is 0 Å². The molecule has 19 heavy (non-hydrogen) atoms. The van der Waals surface area contributed by atoms with Crippen molar-refractivity contribution in [2.75, 3.05) is 24.4 Å². The van der Waals surface area contributed by atoms with E-state index in [1.807, 2.05) is 0 Å². The summed E-state index contributed by atoms with van der Waals surface area (Å²) in [6, 6.07) is 6.47. The number of rotatable bonds is 4. The minimum atomic E-state index is -3.59. The highest BCUT2D eigenvalue weighted by molar-refractivity contribution is 7.89. The summed E-state index contributed by atoms with van der Waals surface area (Å²) in [5, 5.41) is 0. The summed E-state index contributed by atoms with van der Waals surface area (Å²) < 4.78 is 26.2. The largest absolute Gasteiger partial charge is 0.311 e. The average molecular weight is 303 g/mol. The van der Waals surface area contributed by atoms with E-state index >= 15 is 0 Å². The van der Waals surface area contributed by atoms with Crippen molar-refractivity contribution in [3.05, 3.63) is 24.3 Å². The van der Waals surface area contributed by atoms with Gasteiger partial charge < -0.3 is 4.90 Å². The highest BCUT2D eigenvalue weighted by atomic mass is 35.5. The fourth-order valence-electron chi connectivity index (χ4n) is 2.14. The summed E-state index contributed by atoms with van der Waals surface area (Å²) >= 11 is 5.77. The molecule has 0 aliphatic carbocycles. The number of carbonyl (C=O) groups is 1. The van der Waals surface area contributed by atoms with E-state index < -0.39 is 10.0 Å². The molecule has 0 spiro atoms. The van der Waals surface area contributed by atoms with Crippen molar-refractivity contribution < 1.29 is 13.2 Å². The predicted molar refractivity (Wildman–Crippen MR) is 73.9 cm³/mol. The van der Waals surface area contributed by atoms with Crippen LogP contribution >= 0.6 is 11.6 Å². The number of hydrogen-bond acceptors (Lipinski definition) is 3. The fraction of sp³-hybridized carbons (Fsp3) is 0.417. The van der Waals surface area contributed by atoms with Crippen LogP contribution in [-0.2, 0) is 14.8 Å². The van der Waals surface area contributed by atoms with E-state index in [0.29, 0.717) is 24.5 Å². The molecule has 1 aliphatic rings. The van der Waals surface area contributed by atoms with Gasteiger partial charge in [-0.25, -0.2) is 13.1 Å². The summed E-state index contributed by atoms with van der Waals surface area (Å²) in [6.07, 6.45) is 0.359. The van der Waals surface area contributed by atoms with Gasteiger partial charge in [0.1, 0.15) is 4.90 Å². The first-order chi connectivity index (χ1) is 8.99. The standard InChI is InChI=1S/C12H15ClN2O3S/c1-14-19(17,18)11-5-3-2-4-10(11)15-8-9(7-13)6-12(15)16/h2-5,9,14H,6-8H2,1H3. The third-order valence-electron chi connectivity index (χ3n) is 3.14. The SMILES string of the molecule is CNS(=O)(=O)c1ccccc1N1CC(CCl)CC1=O. The van der Waals surface area contributed by atoms with Gasteiger partial charge in [-0.2, -0.15) is 0 Å². The zero-order valence-electron chi connectivity index (χ0n) is 10.5. The molecular weight excluding hydrogens is 288 g/mol. The quantitative estimate of drug-likeness (QED) is 0.850. The van der Waals surface area contributed by atoms with Crippen LogP contribution in [0.4, 0.5) is 5.69 Å². The van der Waals surface area contributed by atoms with Crippen LogP contribution in [0.2, 0.25) is 0 Å². The van der Waals surface area contributed by atoms with Gasteiger partial charge in [-0.3, -0.25) is 4.79 Å². The molecule has 0 aromatic heterocycles. The normalized spacial score (nSPS) is 20.0. The van der Waals surface area contributed by atoms with Crippen molar-refractivity contribution in [3.63, 3.8) is 0 Å². The molecule has 1 amide bonds. The molecule has 0 saturated carbocycles. The van der Waals surface area contributed by atoms with Crippen LogP contribution in [0.1, 0.15) is 6.42 Å². The zero-order valence-corrected chi connectivity index (χ0v) is 12.0. The van der Waals surface area contributed by atoms with E-state index in [4.69, 9.17) is 11.6 Å². The molecule has 2 rings (SSSR count). The third-order valence-corrected chi connectivity index (χ3v) is 5.04. The first-order valence-corrected chi connectivity index (χ1v) is 7.90. The van der Waals surface area contributed by atoms with Crippen molar-refractivity contribution in [1.82, 2.24) is 4.72 Å². The number of amides is 1. The van der Waals surface area contributed by atoms with E-state index in [2.05, 4.69) is 4.72 Å². The third kappa shape index (κ3) is 2.75. The second-order valence-corrected chi connectivity index (χ2v) is 6.57. The van der Waals surface area contributed by atoms with Crippen LogP contribution in [0.15, 0.2) is 29.2 Å². The lowest BCUT2D eigenvalue weighted by Crippen LogP contribution is -2.28. The molecule has 1 heterocycles. The predicted octanol–water partition coefficient (Wildman–Crippen LogP) is 1.19. The zero-order chi connectivity index (χ0) is 14.0. The van der Waals surface area contributed by atoms with Crippen LogP contribution in [0.25, 0.3) is 0 Å². The van der Waals surface area contributed by atoms with Gasteiger partial charge in [-0.05, 0) is 25.1 Å². The maximum absolute atomic E-state index is 12.0. The minimum absolute atomic E-state index is 0.0690. The van der Waals surface area contributed by atoms with Gasteiger partial charge in [0.05, 0.1) is 5.69 Å². The fourth-order valence-corrected chi connectivity index (χ4v) is 3.27. The number of halogens is 1. The molecule has 1 aromatic rings. The number of para-hydroxylation sites is 1. The highest BCUT2D eigenvalue weighted by Crippen LogP contribution is 2.30. The summed E-state index contributed by atoms with van der Waals surface area (Å²) in [6.45, 7) is 0.457. The molecule has 1 N–H and O–H groups in total. The molecule has 1 aromatic carbocycles. The van der Waals surface area contributed by atoms with Gasteiger partial charge in [0.15, 0.2) is 0 Å². The molecule has 104 valence electrons. The van der Waals surface area contributed by atoms with Crippen molar-refractivity contribution in [2.24, 2.45) is 5.92 Å². The number of nitrogens with one attached hydrogen (secondary N) is 1. The van der Waals surface area contributed by atoms with E-state index in [-0.39, 0.29) is 16.7 Å². The van der Waals surface area contributed by atoms with Crippen LogP contribution in [0, 0.1) is 5.92 Å². The maximum Gasteiger partial charge on any atom is 0.242 e. The van der Waals surface area contributed by atoms with Crippen molar-refractivity contribution in [1.29, 1.82) is 0 Å². The van der Waals surface area contributed by atoms with Crippen LogP contribution in [0.3, 0.4) is 0 Å². The topological polar surface area (TPSA) is 66.5 Å². The lowest BCUT2D eigenvalue weighted by atomic mass is 10.1. The number of hydrogen-bond donors (Lipinski definition) is 1. The minimum Gasteiger partial charge on any atom is -0.311 e. The Morgan fingerprint density at radius 2 is 2.11 bits per heavy atom. The number of nitrogens with zero attached hydrogens (tertiary/aromatic N) is 1. The number of carbonyl (C=O) groups excluding carboxylic acids is 1. The number of alkyl halides is 1. The molecule has 0 radical (unpaired) electrons. The summed E-state index contributed by atoms with van der Waals surface area (Å²) in [5.41, 5.74) is 0.412. The molecule has 1 fully saturated rings. The van der Waals surface area contributed by atoms with Gasteiger partial charge in [0, 0.05) is 18.8 Å². The lowest BCUT2D eigenvalue weighted by Gasteiger charge is -2.19. The molecular formula is C12H15ClN2O3S. The first kappa shape index (κ1) is 14.3. The number of sulfonamides is 1. The average Bonchev–Trinajstić information content (AvgIpc) is 2.80. The van der Waals surface area contributed by atoms with Gasteiger partial charge in [0.25, 0.3) is 0 Å². The first-order valence-electron chi connectivity index (χ1n) is 5.88. The monoisotopic (exact) mass is 302 g/mol. The Bertz CT molecular complexity index is 588. The van der Waals surface area contributed by atoms with Gasteiger partial charge in [0.2, 0.25) is 15.9 Å². The Balaban J connectivity index is 2.44. The smallest absolute Gasteiger partial charge is 0.242 e. The van der Waals surface area contributed by atoms with Crippen molar-refractivity contribution >= 4 is 33.2 Å². The summed E-state index contributed by atoms with van der Waals surface area (Å²) in [7, 11) is -2.24. The van der Waals surface area contributed by atoms with Crippen molar-refractivity contribution in [3.8, 4) is 0 Å². The highest BCUT2D eigenvalue weighted by Gasteiger charge is 2.32. The van der Waals surface area contributed by atoms with Crippen LogP contribution < -0.4 is 9.62 Å².